The molecule has 0 saturated carbocycles. The van der Waals surface area contributed by atoms with E-state index in [2.05, 4.69) is 5.32 Å². The number of nitrogens with two attached hydrogens (primary N) is 1. The van der Waals surface area contributed by atoms with Gasteiger partial charge in [0.25, 0.3) is 0 Å². The van der Waals surface area contributed by atoms with E-state index in [0.29, 0.717) is 11.1 Å². The minimum atomic E-state index is -3.40. The molecule has 0 aromatic heterocycles. The van der Waals surface area contributed by atoms with Crippen molar-refractivity contribution in [1.29, 1.82) is 0 Å². The van der Waals surface area contributed by atoms with Crippen LogP contribution in [0.4, 0.5) is 4.79 Å². The third-order valence-corrected chi connectivity index (χ3v) is 7.48. The van der Waals surface area contributed by atoms with Gasteiger partial charge in [0.1, 0.15) is 5.60 Å². The summed E-state index contributed by atoms with van der Waals surface area (Å²) in [7, 11) is -3.40. The maximum Gasteiger partial charge on any atom is 0.407 e. The summed E-state index contributed by atoms with van der Waals surface area (Å²) in [6.07, 6.45) is -0.759. The zero-order chi connectivity index (χ0) is 23.1. The molecule has 8 nitrogen and oxygen atoms in total. The Morgan fingerprint density at radius 1 is 1.27 bits per heavy atom. The van der Waals surface area contributed by atoms with Gasteiger partial charge < -0.3 is 25.4 Å². The van der Waals surface area contributed by atoms with Crippen LogP contribution in [0.1, 0.15) is 58.6 Å². The molecule has 0 aliphatic carbocycles. The fourth-order valence-corrected chi connectivity index (χ4v) is 5.66. The van der Waals surface area contributed by atoms with Gasteiger partial charge in [-0.15, -0.1) is 0 Å². The second-order valence-corrected chi connectivity index (χ2v) is 11.2. The molecule has 0 saturated heterocycles. The third-order valence-electron chi connectivity index (χ3n) is 4.41. The second-order valence-electron chi connectivity index (χ2n) is 8.55. The van der Waals surface area contributed by atoms with E-state index in [9.17, 15) is 19.3 Å². The van der Waals surface area contributed by atoms with Gasteiger partial charge in [-0.05, 0) is 44.7 Å². The van der Waals surface area contributed by atoms with Crippen molar-refractivity contribution < 1.29 is 28.5 Å². The van der Waals surface area contributed by atoms with Gasteiger partial charge in [-0.2, -0.15) is 0 Å². The van der Waals surface area contributed by atoms with E-state index < -0.39 is 36.7 Å². The highest BCUT2D eigenvalue weighted by molar-refractivity contribution is 7.59. The number of rotatable bonds is 10. The van der Waals surface area contributed by atoms with Crippen LogP contribution in [0.15, 0.2) is 24.3 Å². The first-order chi connectivity index (χ1) is 13.8. The predicted octanol–water partition coefficient (Wildman–Crippen LogP) is 4.13. The molecule has 0 bridgehead atoms. The SMILES string of the molecule is CCOP(=O)(CC(C(=O)O)c1cccc(CNC(=O)OC(C)(C)C)c1)C(N)C(C)C. The topological polar surface area (TPSA) is 128 Å². The fraction of sp³-hybridized carbons (Fsp3) is 0.619. The van der Waals surface area contributed by atoms with Crippen molar-refractivity contribution in [3.63, 3.8) is 0 Å². The molecule has 3 unspecified atom stereocenters. The summed E-state index contributed by atoms with van der Waals surface area (Å²) in [6, 6.07) is 6.80. The fourth-order valence-electron chi connectivity index (χ4n) is 2.92. The highest BCUT2D eigenvalue weighted by atomic mass is 31.2. The summed E-state index contributed by atoms with van der Waals surface area (Å²) < 4.78 is 24.1. The summed E-state index contributed by atoms with van der Waals surface area (Å²) in [5.41, 5.74) is 6.68. The van der Waals surface area contributed by atoms with Crippen LogP contribution >= 0.6 is 7.37 Å². The van der Waals surface area contributed by atoms with Gasteiger partial charge >= 0.3 is 12.1 Å². The van der Waals surface area contributed by atoms with Crippen LogP contribution in [-0.2, 0) is 25.2 Å². The largest absolute Gasteiger partial charge is 0.481 e. The minimum Gasteiger partial charge on any atom is -0.481 e. The molecule has 1 amide bonds. The van der Waals surface area contributed by atoms with Crippen molar-refractivity contribution in [2.24, 2.45) is 11.7 Å². The van der Waals surface area contributed by atoms with Crippen molar-refractivity contribution >= 4 is 19.4 Å². The van der Waals surface area contributed by atoms with E-state index in [0.717, 1.165) is 0 Å². The Balaban J connectivity index is 3.05. The van der Waals surface area contributed by atoms with Gasteiger partial charge in [-0.1, -0.05) is 38.1 Å². The molecule has 0 fully saturated rings. The Morgan fingerprint density at radius 2 is 1.90 bits per heavy atom. The number of hydrogen-bond acceptors (Lipinski definition) is 6. The molecule has 0 heterocycles. The summed E-state index contributed by atoms with van der Waals surface area (Å²) in [5.74, 6) is -3.03. The number of carbonyl (C=O) groups is 2. The molecule has 4 N–H and O–H groups in total. The van der Waals surface area contributed by atoms with Crippen LogP contribution in [0.25, 0.3) is 0 Å². The van der Waals surface area contributed by atoms with Crippen molar-refractivity contribution in [2.45, 2.75) is 65.4 Å². The molecule has 1 aromatic rings. The quantitative estimate of drug-likeness (QED) is 0.465. The van der Waals surface area contributed by atoms with Gasteiger partial charge in [-0.25, -0.2) is 4.79 Å². The van der Waals surface area contributed by atoms with Crippen LogP contribution in [0, 0.1) is 5.92 Å². The molecular formula is C21H35N2O6P. The van der Waals surface area contributed by atoms with Crippen molar-refractivity contribution in [2.75, 3.05) is 12.8 Å². The molecule has 170 valence electrons. The van der Waals surface area contributed by atoms with Crippen LogP contribution in [0.5, 0.6) is 0 Å². The maximum atomic E-state index is 13.4. The van der Waals surface area contributed by atoms with Crippen molar-refractivity contribution in [3.05, 3.63) is 35.4 Å². The Labute approximate surface area is 179 Å². The summed E-state index contributed by atoms with van der Waals surface area (Å²) >= 11 is 0. The molecule has 9 heteroatoms. The molecule has 3 atom stereocenters. The highest BCUT2D eigenvalue weighted by Crippen LogP contribution is 2.54. The maximum absolute atomic E-state index is 13.4. The lowest BCUT2D eigenvalue weighted by Gasteiger charge is -2.29. The lowest BCUT2D eigenvalue weighted by Crippen LogP contribution is -2.32. The predicted molar refractivity (Wildman–Crippen MR) is 117 cm³/mol. The number of carbonyl (C=O) groups excluding carboxylic acids is 1. The lowest BCUT2D eigenvalue weighted by molar-refractivity contribution is -0.138. The van der Waals surface area contributed by atoms with E-state index in [4.69, 9.17) is 15.0 Å². The Bertz CT molecular complexity index is 775. The van der Waals surface area contributed by atoms with E-state index >= 15 is 0 Å². The smallest absolute Gasteiger partial charge is 0.407 e. The highest BCUT2D eigenvalue weighted by Gasteiger charge is 2.38. The van der Waals surface area contributed by atoms with Crippen molar-refractivity contribution in [1.82, 2.24) is 5.32 Å². The molecule has 1 rings (SSSR count). The molecule has 0 spiro atoms. The molecule has 1 aromatic carbocycles. The monoisotopic (exact) mass is 442 g/mol. The number of carboxylic acid groups (broad SMARTS) is 1. The lowest BCUT2D eigenvalue weighted by atomic mass is 9.99. The van der Waals surface area contributed by atoms with Gasteiger partial charge in [-0.3, -0.25) is 9.36 Å². The van der Waals surface area contributed by atoms with Gasteiger partial charge in [0.05, 0.1) is 18.3 Å². The number of aliphatic carboxylic acids is 1. The van der Waals surface area contributed by atoms with Crippen LogP contribution in [0.3, 0.4) is 0 Å². The van der Waals surface area contributed by atoms with Crippen LogP contribution in [-0.4, -0.2) is 41.3 Å². The Morgan fingerprint density at radius 3 is 2.40 bits per heavy atom. The molecular weight excluding hydrogens is 407 g/mol. The molecule has 30 heavy (non-hydrogen) atoms. The Hall–Kier alpha value is -1.89. The zero-order valence-electron chi connectivity index (χ0n) is 18.7. The number of amides is 1. The van der Waals surface area contributed by atoms with Crippen molar-refractivity contribution in [3.8, 4) is 0 Å². The number of benzene rings is 1. The van der Waals surface area contributed by atoms with E-state index in [1.165, 1.54) is 0 Å². The average molecular weight is 442 g/mol. The second kappa shape index (κ2) is 10.9. The minimum absolute atomic E-state index is 0.124. The number of ether oxygens (including phenoxy) is 1. The standard InChI is InChI=1S/C21H35N2O6P/c1-7-28-30(27,18(22)14(2)3)13-17(19(24)25)16-10-8-9-15(11-16)12-23-20(26)29-21(4,5)6/h8-11,14,17-18H,7,12-13,22H2,1-6H3,(H,23,26)(H,24,25). The normalized spacial score (nSPS) is 15.9. The molecule has 0 aliphatic rings. The van der Waals surface area contributed by atoms with E-state index in [1.807, 2.05) is 13.8 Å². The van der Waals surface area contributed by atoms with Gasteiger partial charge in [0.15, 0.2) is 0 Å². The zero-order valence-corrected chi connectivity index (χ0v) is 19.6. The third kappa shape index (κ3) is 8.09. The van der Waals surface area contributed by atoms with Gasteiger partial charge in [0.2, 0.25) is 7.37 Å². The molecule has 0 radical (unpaired) electrons. The number of carboxylic acids is 1. The Kier molecular flexibility index (Phi) is 9.53. The van der Waals surface area contributed by atoms with E-state index in [-0.39, 0.29) is 25.2 Å². The van der Waals surface area contributed by atoms with Crippen LogP contribution < -0.4 is 11.1 Å². The number of nitrogens with one attached hydrogen (secondary N) is 1. The summed E-state index contributed by atoms with van der Waals surface area (Å²) in [5, 5.41) is 12.5. The van der Waals surface area contributed by atoms with Gasteiger partial charge in [0, 0.05) is 12.7 Å². The van der Waals surface area contributed by atoms with Crippen LogP contribution in [0.2, 0.25) is 0 Å². The molecule has 0 aliphatic heterocycles. The number of alkyl carbamates (subject to hydrolysis) is 1. The summed E-state index contributed by atoms with van der Waals surface area (Å²) in [4.78, 5) is 23.9. The summed E-state index contributed by atoms with van der Waals surface area (Å²) in [6.45, 7) is 11.0. The van der Waals surface area contributed by atoms with E-state index in [1.54, 1.807) is 52.0 Å². The first-order valence-corrected chi connectivity index (χ1v) is 11.9. The first-order valence-electron chi connectivity index (χ1n) is 10.1. The number of hydrogen-bond donors (Lipinski definition) is 3. The first kappa shape index (κ1) is 26.1. The average Bonchev–Trinajstić information content (AvgIpc) is 2.62.